The highest BCUT2D eigenvalue weighted by Crippen LogP contribution is 2.13. The van der Waals surface area contributed by atoms with Crippen molar-refractivity contribution < 1.29 is 4.79 Å². The van der Waals surface area contributed by atoms with Gasteiger partial charge >= 0.3 is 0 Å². The van der Waals surface area contributed by atoms with E-state index in [1.807, 2.05) is 5.38 Å². The molecule has 1 N–H and O–H groups in total. The van der Waals surface area contributed by atoms with Crippen LogP contribution in [-0.2, 0) is 17.1 Å². The van der Waals surface area contributed by atoms with E-state index in [9.17, 15) is 4.79 Å². The molecule has 0 aromatic carbocycles. The van der Waals surface area contributed by atoms with Gasteiger partial charge in [-0.25, -0.2) is 4.98 Å². The Kier molecular flexibility index (Phi) is 3.75. The number of carbonyl (C=O) groups excluding carboxylic acids is 1. The number of nitrogens with zero attached hydrogens (tertiary/aromatic N) is 4. The molecule has 0 radical (unpaired) electrons. The van der Waals surface area contributed by atoms with Crippen molar-refractivity contribution in [3.8, 4) is 0 Å². The Morgan fingerprint density at radius 3 is 3.06 bits per heavy atom. The molecule has 0 unspecified atom stereocenters. The first-order valence-corrected chi connectivity index (χ1v) is 6.41. The van der Waals surface area contributed by atoms with Crippen LogP contribution in [0.4, 0.5) is 5.13 Å². The van der Waals surface area contributed by atoms with Crippen molar-refractivity contribution in [1.82, 2.24) is 19.8 Å². The molecule has 2 aromatic rings. The highest BCUT2D eigenvalue weighted by atomic mass is 35.5. The lowest BCUT2D eigenvalue weighted by atomic mass is 10.4. The smallest absolute Gasteiger partial charge is 0.233 e. The third kappa shape index (κ3) is 2.94. The first-order chi connectivity index (χ1) is 7.78. The maximum absolute atomic E-state index is 11.5. The van der Waals surface area contributed by atoms with Gasteiger partial charge in [-0.2, -0.15) is 0 Å². The summed E-state index contributed by atoms with van der Waals surface area (Å²) < 4.78 is 3.54. The van der Waals surface area contributed by atoms with Gasteiger partial charge in [0.2, 0.25) is 11.0 Å². The summed E-state index contributed by atoms with van der Waals surface area (Å²) in [6, 6.07) is 0. The van der Waals surface area contributed by atoms with Crippen molar-refractivity contribution in [2.45, 2.75) is 12.3 Å². The molecule has 0 fully saturated rings. The monoisotopic (exact) mass is 275 g/mol. The summed E-state index contributed by atoms with van der Waals surface area (Å²) in [5.41, 5.74) is 0.784. The molecular formula is C7H6ClN5OS2. The number of alkyl halides is 1. The lowest BCUT2D eigenvalue weighted by Gasteiger charge is -1.96. The molecule has 6 nitrogen and oxygen atoms in total. The van der Waals surface area contributed by atoms with E-state index in [0.29, 0.717) is 11.0 Å². The average molecular weight is 276 g/mol. The Bertz CT molecular complexity index is 471. The van der Waals surface area contributed by atoms with Gasteiger partial charge in [-0.05, 0) is 5.21 Å². The highest BCUT2D eigenvalue weighted by molar-refractivity contribution is 7.10. The molecule has 2 heterocycles. The third-order valence-electron chi connectivity index (χ3n) is 1.59. The molecule has 0 atom stereocenters. The van der Waals surface area contributed by atoms with Crippen molar-refractivity contribution in [1.29, 1.82) is 0 Å². The van der Waals surface area contributed by atoms with E-state index in [-0.39, 0.29) is 12.3 Å². The van der Waals surface area contributed by atoms with E-state index in [1.165, 1.54) is 11.3 Å². The second kappa shape index (κ2) is 5.28. The maximum atomic E-state index is 11.5. The quantitative estimate of drug-likeness (QED) is 0.851. The van der Waals surface area contributed by atoms with Gasteiger partial charge in [-0.15, -0.1) is 22.9 Å². The van der Waals surface area contributed by atoms with Crippen LogP contribution in [0, 0.1) is 0 Å². The molecular weight excluding hydrogens is 270 g/mol. The van der Waals surface area contributed by atoms with Gasteiger partial charge in [0.15, 0.2) is 0 Å². The molecule has 0 aliphatic heterocycles. The van der Waals surface area contributed by atoms with Crippen molar-refractivity contribution in [2.75, 3.05) is 5.32 Å². The molecule has 0 aliphatic rings. The molecule has 0 spiro atoms. The summed E-state index contributed by atoms with van der Waals surface area (Å²) in [4.78, 5) is 15.7. The summed E-state index contributed by atoms with van der Waals surface area (Å²) in [6.07, 6.45) is 0.209. The van der Waals surface area contributed by atoms with Crippen molar-refractivity contribution in [3.05, 3.63) is 16.1 Å². The molecule has 0 saturated heterocycles. The molecule has 9 heteroatoms. The van der Waals surface area contributed by atoms with Crippen LogP contribution < -0.4 is 5.32 Å². The van der Waals surface area contributed by atoms with Gasteiger partial charge in [0.05, 0.1) is 18.0 Å². The number of anilines is 1. The number of thiazole rings is 1. The van der Waals surface area contributed by atoms with Crippen LogP contribution in [0.3, 0.4) is 0 Å². The first-order valence-electron chi connectivity index (χ1n) is 4.22. The van der Waals surface area contributed by atoms with Crippen LogP contribution in [-0.4, -0.2) is 25.7 Å². The topological polar surface area (TPSA) is 80.7 Å². The molecule has 84 valence electrons. The van der Waals surface area contributed by atoms with E-state index >= 15 is 0 Å². The van der Waals surface area contributed by atoms with E-state index in [2.05, 4.69) is 25.1 Å². The van der Waals surface area contributed by atoms with Crippen LogP contribution in [0.2, 0.25) is 0 Å². The van der Waals surface area contributed by atoms with Crippen LogP contribution in [0.15, 0.2) is 5.38 Å². The SMILES string of the molecule is O=C(Cc1nc(CCl)cs1)Nc1nnns1. The normalized spacial score (nSPS) is 10.3. The first kappa shape index (κ1) is 11.4. The van der Waals surface area contributed by atoms with Gasteiger partial charge < -0.3 is 0 Å². The summed E-state index contributed by atoms with van der Waals surface area (Å²) in [6.45, 7) is 0. The lowest BCUT2D eigenvalue weighted by molar-refractivity contribution is -0.115. The van der Waals surface area contributed by atoms with E-state index in [1.54, 1.807) is 0 Å². The van der Waals surface area contributed by atoms with Crippen LogP contribution in [0.25, 0.3) is 0 Å². The van der Waals surface area contributed by atoms with Crippen LogP contribution in [0.5, 0.6) is 0 Å². The van der Waals surface area contributed by atoms with E-state index in [4.69, 9.17) is 11.6 Å². The second-order valence-corrected chi connectivity index (χ2v) is 4.70. The summed E-state index contributed by atoms with van der Waals surface area (Å²) in [7, 11) is 0. The Balaban J connectivity index is 1.92. The Morgan fingerprint density at radius 2 is 2.44 bits per heavy atom. The fourth-order valence-corrected chi connectivity index (χ4v) is 2.38. The number of nitrogens with one attached hydrogen (secondary N) is 1. The van der Waals surface area contributed by atoms with Crippen molar-refractivity contribution in [2.24, 2.45) is 0 Å². The fourth-order valence-electron chi connectivity index (χ4n) is 0.974. The zero-order chi connectivity index (χ0) is 11.4. The van der Waals surface area contributed by atoms with Crippen molar-refractivity contribution >= 4 is 45.5 Å². The predicted octanol–water partition coefficient (Wildman–Crippen LogP) is 1.31. The Hall–Kier alpha value is -1.12. The number of carbonyl (C=O) groups is 1. The molecule has 2 rings (SSSR count). The lowest BCUT2D eigenvalue weighted by Crippen LogP contribution is -2.14. The predicted molar refractivity (Wildman–Crippen MR) is 61.7 cm³/mol. The fraction of sp³-hybridized carbons (Fsp3) is 0.286. The van der Waals surface area contributed by atoms with E-state index < -0.39 is 0 Å². The van der Waals surface area contributed by atoms with Gasteiger partial charge in [0.25, 0.3) is 0 Å². The summed E-state index contributed by atoms with van der Waals surface area (Å²) >= 11 is 8.05. The Morgan fingerprint density at radius 1 is 1.56 bits per heavy atom. The zero-order valence-corrected chi connectivity index (χ0v) is 10.3. The minimum absolute atomic E-state index is 0.186. The number of rotatable bonds is 4. The van der Waals surface area contributed by atoms with E-state index in [0.717, 1.165) is 22.2 Å². The minimum atomic E-state index is -0.186. The molecule has 0 bridgehead atoms. The number of halogens is 1. The minimum Gasteiger partial charge on any atom is -0.299 e. The number of hydrogen-bond donors (Lipinski definition) is 1. The number of amides is 1. The zero-order valence-electron chi connectivity index (χ0n) is 7.88. The van der Waals surface area contributed by atoms with Gasteiger partial charge in [0.1, 0.15) is 5.01 Å². The second-order valence-electron chi connectivity index (χ2n) is 2.76. The third-order valence-corrected chi connectivity index (χ3v) is 3.28. The molecule has 16 heavy (non-hydrogen) atoms. The number of aromatic nitrogens is 4. The molecule has 0 saturated carbocycles. The molecule has 0 aliphatic carbocycles. The molecule has 2 aromatic heterocycles. The highest BCUT2D eigenvalue weighted by Gasteiger charge is 2.09. The van der Waals surface area contributed by atoms with Gasteiger partial charge in [0, 0.05) is 16.9 Å². The number of hydrogen-bond acceptors (Lipinski definition) is 7. The average Bonchev–Trinajstić information content (AvgIpc) is 2.89. The maximum Gasteiger partial charge on any atom is 0.233 e. The van der Waals surface area contributed by atoms with Gasteiger partial charge in [-0.3, -0.25) is 10.1 Å². The standard InChI is InChI=1S/C7H6ClN5OS2/c8-2-4-3-15-6(9-4)1-5(14)10-7-11-12-13-16-7/h3H,1-2H2,(H,10,11,13,14). The van der Waals surface area contributed by atoms with Crippen LogP contribution >= 0.6 is 34.5 Å². The summed E-state index contributed by atoms with van der Waals surface area (Å²) in [5.74, 6) is 0.173. The van der Waals surface area contributed by atoms with Crippen LogP contribution in [0.1, 0.15) is 10.7 Å². The van der Waals surface area contributed by atoms with Crippen molar-refractivity contribution in [3.63, 3.8) is 0 Å². The summed E-state index contributed by atoms with van der Waals surface area (Å²) in [5, 5.41) is 12.5. The largest absolute Gasteiger partial charge is 0.299 e. The Labute approximate surface area is 104 Å². The van der Waals surface area contributed by atoms with Gasteiger partial charge in [-0.1, -0.05) is 9.59 Å². The molecule has 1 amide bonds.